The summed E-state index contributed by atoms with van der Waals surface area (Å²) in [5.74, 6) is 3.29. The quantitative estimate of drug-likeness (QED) is 0.260. The first-order valence-corrected chi connectivity index (χ1v) is 9.76. The van der Waals surface area contributed by atoms with Crippen LogP contribution in [0.15, 0.2) is 9.41 Å². The molecule has 1 aliphatic heterocycles. The van der Waals surface area contributed by atoms with E-state index < -0.39 is 0 Å². The highest BCUT2D eigenvalue weighted by atomic mass is 127. The maximum atomic E-state index is 5.58. The molecule has 0 amide bonds. The maximum absolute atomic E-state index is 5.58. The third-order valence-electron chi connectivity index (χ3n) is 4.86. The molecular formula is C19H36IN5O. The van der Waals surface area contributed by atoms with Gasteiger partial charge in [-0.25, -0.2) is 9.98 Å². The molecule has 1 fully saturated rings. The molecule has 1 aromatic heterocycles. The van der Waals surface area contributed by atoms with Crippen LogP contribution in [0.3, 0.4) is 0 Å². The van der Waals surface area contributed by atoms with Gasteiger partial charge in [0.1, 0.15) is 12.3 Å². The molecule has 0 saturated carbocycles. The molecule has 0 unspecified atom stereocenters. The summed E-state index contributed by atoms with van der Waals surface area (Å²) >= 11 is 0. The van der Waals surface area contributed by atoms with E-state index in [9.17, 15) is 0 Å². The molecule has 0 radical (unpaired) electrons. The van der Waals surface area contributed by atoms with Crippen LogP contribution in [0.4, 0.5) is 0 Å². The number of piperidine rings is 1. The first kappa shape index (κ1) is 23.2. The van der Waals surface area contributed by atoms with E-state index in [1.165, 1.54) is 38.9 Å². The predicted molar refractivity (Wildman–Crippen MR) is 118 cm³/mol. The van der Waals surface area contributed by atoms with E-state index in [0.717, 1.165) is 42.8 Å². The topological polar surface area (TPSA) is 65.7 Å². The van der Waals surface area contributed by atoms with Gasteiger partial charge in [0, 0.05) is 13.1 Å². The Kier molecular flexibility index (Phi) is 11.2. The lowest BCUT2D eigenvalue weighted by molar-refractivity contribution is 0.189. The average Bonchev–Trinajstić information content (AvgIpc) is 2.92. The lowest BCUT2D eigenvalue weighted by Crippen LogP contribution is -2.38. The molecule has 1 aromatic rings. The fraction of sp³-hybridized carbons (Fsp3) is 0.789. The number of aliphatic imine (C=N–C) groups is 1. The van der Waals surface area contributed by atoms with Crippen LogP contribution in [0.5, 0.6) is 0 Å². The molecule has 7 heteroatoms. The Labute approximate surface area is 175 Å². The first-order chi connectivity index (χ1) is 12.1. The lowest BCUT2D eigenvalue weighted by Gasteiger charge is -2.30. The summed E-state index contributed by atoms with van der Waals surface area (Å²) in [6, 6.07) is 0. The SMILES string of the molecule is CCNC(=NCc1nc(C)c(C)o1)NCCCCN1CCC(C)CC1.I. The second-order valence-electron chi connectivity index (χ2n) is 7.10. The summed E-state index contributed by atoms with van der Waals surface area (Å²) in [5.41, 5.74) is 0.940. The second-order valence-corrected chi connectivity index (χ2v) is 7.10. The molecular weight excluding hydrogens is 441 g/mol. The normalized spacial score (nSPS) is 16.4. The minimum Gasteiger partial charge on any atom is -0.444 e. The van der Waals surface area contributed by atoms with Gasteiger partial charge in [0.25, 0.3) is 0 Å². The van der Waals surface area contributed by atoms with Gasteiger partial charge in [0.05, 0.1) is 5.69 Å². The third-order valence-corrected chi connectivity index (χ3v) is 4.86. The Hall–Kier alpha value is -0.830. The van der Waals surface area contributed by atoms with Crippen LogP contribution in [-0.2, 0) is 6.54 Å². The van der Waals surface area contributed by atoms with Crippen LogP contribution < -0.4 is 10.6 Å². The van der Waals surface area contributed by atoms with Gasteiger partial charge in [-0.15, -0.1) is 24.0 Å². The molecule has 0 aromatic carbocycles. The smallest absolute Gasteiger partial charge is 0.216 e. The van der Waals surface area contributed by atoms with Crippen LogP contribution in [0.2, 0.25) is 0 Å². The van der Waals surface area contributed by atoms with Gasteiger partial charge >= 0.3 is 0 Å². The zero-order valence-electron chi connectivity index (χ0n) is 16.8. The van der Waals surface area contributed by atoms with Crippen molar-refractivity contribution >= 4 is 29.9 Å². The molecule has 2 heterocycles. The van der Waals surface area contributed by atoms with Crippen molar-refractivity contribution in [3.8, 4) is 0 Å². The molecule has 0 spiro atoms. The van der Waals surface area contributed by atoms with Gasteiger partial charge in [-0.3, -0.25) is 0 Å². The summed E-state index contributed by atoms with van der Waals surface area (Å²) in [4.78, 5) is 11.5. The van der Waals surface area contributed by atoms with Crippen LogP contribution >= 0.6 is 24.0 Å². The van der Waals surface area contributed by atoms with E-state index in [2.05, 4.69) is 39.4 Å². The largest absolute Gasteiger partial charge is 0.444 e. The van der Waals surface area contributed by atoms with Crippen molar-refractivity contribution in [1.82, 2.24) is 20.5 Å². The molecule has 0 atom stereocenters. The van der Waals surface area contributed by atoms with E-state index in [0.29, 0.717) is 12.4 Å². The minimum absolute atomic E-state index is 0. The minimum atomic E-state index is 0. The zero-order chi connectivity index (χ0) is 18.1. The second kappa shape index (κ2) is 12.5. The Morgan fingerprint density at radius 3 is 2.58 bits per heavy atom. The summed E-state index contributed by atoms with van der Waals surface area (Å²) in [6.07, 6.45) is 5.11. The molecule has 2 rings (SSSR count). The van der Waals surface area contributed by atoms with Crippen LogP contribution in [0.25, 0.3) is 0 Å². The van der Waals surface area contributed by atoms with Gasteiger partial charge in [0.15, 0.2) is 5.96 Å². The predicted octanol–water partition coefficient (Wildman–Crippen LogP) is 3.48. The van der Waals surface area contributed by atoms with Gasteiger partial charge in [-0.1, -0.05) is 6.92 Å². The molecule has 26 heavy (non-hydrogen) atoms. The number of hydrogen-bond donors (Lipinski definition) is 2. The Balaban J connectivity index is 0.00000338. The van der Waals surface area contributed by atoms with Crippen molar-refractivity contribution in [2.45, 2.75) is 59.9 Å². The highest BCUT2D eigenvalue weighted by Crippen LogP contribution is 2.16. The number of aromatic nitrogens is 1. The standard InChI is InChI=1S/C19H35N5O.HI/c1-5-20-19(22-14-18-23-16(3)17(4)25-18)21-10-6-7-11-24-12-8-15(2)9-13-24;/h15H,5-14H2,1-4H3,(H2,20,21,22);1H. The van der Waals surface area contributed by atoms with Crippen molar-refractivity contribution in [3.05, 3.63) is 17.3 Å². The maximum Gasteiger partial charge on any atom is 0.216 e. The fourth-order valence-electron chi connectivity index (χ4n) is 3.05. The third kappa shape index (κ3) is 8.24. The number of nitrogens with one attached hydrogen (secondary N) is 2. The van der Waals surface area contributed by atoms with E-state index >= 15 is 0 Å². The summed E-state index contributed by atoms with van der Waals surface area (Å²) in [6.45, 7) is 14.4. The number of hydrogen-bond acceptors (Lipinski definition) is 4. The number of unbranched alkanes of at least 4 members (excludes halogenated alkanes) is 1. The van der Waals surface area contributed by atoms with Gasteiger partial charge in [-0.2, -0.15) is 0 Å². The lowest BCUT2D eigenvalue weighted by atomic mass is 9.99. The van der Waals surface area contributed by atoms with E-state index in [1.807, 2.05) is 13.8 Å². The molecule has 0 aliphatic carbocycles. The van der Waals surface area contributed by atoms with Crippen molar-refractivity contribution in [3.63, 3.8) is 0 Å². The number of halogens is 1. The number of nitrogens with zero attached hydrogens (tertiary/aromatic N) is 3. The zero-order valence-corrected chi connectivity index (χ0v) is 19.1. The van der Waals surface area contributed by atoms with E-state index in [1.54, 1.807) is 0 Å². The molecule has 2 N–H and O–H groups in total. The fourth-order valence-corrected chi connectivity index (χ4v) is 3.05. The van der Waals surface area contributed by atoms with Gasteiger partial charge in [0.2, 0.25) is 5.89 Å². The van der Waals surface area contributed by atoms with E-state index in [4.69, 9.17) is 4.42 Å². The number of guanidine groups is 1. The Bertz CT molecular complexity index is 519. The molecule has 1 aliphatic rings. The Morgan fingerprint density at radius 1 is 1.23 bits per heavy atom. The van der Waals surface area contributed by atoms with Crippen LogP contribution in [0, 0.1) is 19.8 Å². The molecule has 0 bridgehead atoms. The molecule has 6 nitrogen and oxygen atoms in total. The van der Waals surface area contributed by atoms with E-state index in [-0.39, 0.29) is 24.0 Å². The molecule has 1 saturated heterocycles. The number of aryl methyl sites for hydroxylation is 2. The molecule has 150 valence electrons. The highest BCUT2D eigenvalue weighted by Gasteiger charge is 2.14. The number of oxazole rings is 1. The number of likely N-dealkylation sites (tertiary alicyclic amines) is 1. The number of rotatable bonds is 8. The average molecular weight is 477 g/mol. The summed E-state index contributed by atoms with van der Waals surface area (Å²) < 4.78 is 5.58. The van der Waals surface area contributed by atoms with Crippen molar-refractivity contribution in [2.24, 2.45) is 10.9 Å². The van der Waals surface area contributed by atoms with Gasteiger partial charge < -0.3 is 20.0 Å². The van der Waals surface area contributed by atoms with Crippen molar-refractivity contribution < 1.29 is 4.42 Å². The van der Waals surface area contributed by atoms with Gasteiger partial charge in [-0.05, 0) is 72.0 Å². The summed E-state index contributed by atoms with van der Waals surface area (Å²) in [5, 5.41) is 6.69. The summed E-state index contributed by atoms with van der Waals surface area (Å²) in [7, 11) is 0. The highest BCUT2D eigenvalue weighted by molar-refractivity contribution is 14.0. The van der Waals surface area contributed by atoms with Crippen LogP contribution in [-0.4, -0.2) is 48.6 Å². The van der Waals surface area contributed by atoms with Crippen molar-refractivity contribution in [2.75, 3.05) is 32.7 Å². The first-order valence-electron chi connectivity index (χ1n) is 9.76. The van der Waals surface area contributed by atoms with Crippen LogP contribution in [0.1, 0.15) is 56.9 Å². The monoisotopic (exact) mass is 477 g/mol. The van der Waals surface area contributed by atoms with Crippen molar-refractivity contribution in [1.29, 1.82) is 0 Å². The Morgan fingerprint density at radius 2 is 1.96 bits per heavy atom.